The number of ether oxygens (including phenoxy) is 1. The van der Waals surface area contributed by atoms with Crippen molar-refractivity contribution >= 4 is 39.1 Å². The van der Waals surface area contributed by atoms with Gasteiger partial charge in [-0.1, -0.05) is 54.6 Å². The Kier molecular flexibility index (Phi) is 10.2. The van der Waals surface area contributed by atoms with E-state index in [4.69, 9.17) is 4.74 Å². The molecule has 3 heterocycles. The highest BCUT2D eigenvalue weighted by Crippen LogP contribution is 2.37. The van der Waals surface area contributed by atoms with Gasteiger partial charge in [-0.25, -0.2) is 18.0 Å². The summed E-state index contributed by atoms with van der Waals surface area (Å²) in [5.74, 6) is -6.56. The Hall–Kier alpha value is -5.21. The van der Waals surface area contributed by atoms with Crippen molar-refractivity contribution in [3.05, 3.63) is 108 Å². The fourth-order valence-corrected chi connectivity index (χ4v) is 7.44. The molecule has 0 saturated carbocycles. The quantitative estimate of drug-likeness (QED) is 0.150. The van der Waals surface area contributed by atoms with Crippen molar-refractivity contribution in [2.75, 3.05) is 37.7 Å². The lowest BCUT2D eigenvalue weighted by Crippen LogP contribution is -2.53. The number of carbonyl (C=O) groups excluding carboxylic acids is 1. The predicted molar refractivity (Wildman–Crippen MR) is 191 cm³/mol. The zero-order valence-electron chi connectivity index (χ0n) is 28.9. The number of carbonyl (C=O) groups is 2. The Labute approximate surface area is 306 Å². The first-order valence-corrected chi connectivity index (χ1v) is 17.5. The number of hydrogen-bond donors (Lipinski definition) is 2. The average molecular weight is 751 g/mol. The largest absolute Gasteiger partial charge is 0.480 e. The summed E-state index contributed by atoms with van der Waals surface area (Å²) in [5.41, 5.74) is 1.63. The maximum absolute atomic E-state index is 16.1. The first-order chi connectivity index (χ1) is 25.8. The Balaban J connectivity index is 1.21. The Morgan fingerprint density at radius 1 is 0.926 bits per heavy atom. The molecular weight excluding hydrogens is 714 g/mol. The molecule has 2 N–H and O–H groups in total. The summed E-state index contributed by atoms with van der Waals surface area (Å²) in [6.45, 7) is -1.37. The summed E-state index contributed by atoms with van der Waals surface area (Å²) in [5, 5.41) is 16.2. The summed E-state index contributed by atoms with van der Waals surface area (Å²) < 4.78 is 91.1. The van der Waals surface area contributed by atoms with E-state index in [1.54, 1.807) is 29.4 Å². The third kappa shape index (κ3) is 7.71. The van der Waals surface area contributed by atoms with Crippen LogP contribution in [0.1, 0.15) is 34.3 Å². The van der Waals surface area contributed by atoms with Crippen LogP contribution in [0.25, 0.3) is 32.7 Å². The van der Waals surface area contributed by atoms with Crippen molar-refractivity contribution in [2.24, 2.45) is 0 Å². The lowest BCUT2D eigenvalue weighted by atomic mass is 9.91. The molecule has 0 aliphatic carbocycles. The molecule has 2 aliphatic rings. The van der Waals surface area contributed by atoms with Gasteiger partial charge in [-0.2, -0.15) is 13.2 Å². The monoisotopic (exact) mass is 750 g/mol. The maximum Gasteiger partial charge on any atom is 0.411 e. The number of morpholine rings is 1. The molecule has 2 fully saturated rings. The number of nitrogens with one attached hydrogen (secondary N) is 1. The number of likely N-dealkylation sites (tertiary alicyclic amines) is 1. The molecule has 0 radical (unpaired) electrons. The number of pyridine rings is 1. The molecule has 0 unspecified atom stereocenters. The van der Waals surface area contributed by atoms with Crippen molar-refractivity contribution in [1.29, 1.82) is 0 Å². The number of rotatable bonds is 9. The van der Waals surface area contributed by atoms with Gasteiger partial charge in [0, 0.05) is 68.9 Å². The van der Waals surface area contributed by atoms with Gasteiger partial charge in [-0.05, 0) is 56.6 Å². The van der Waals surface area contributed by atoms with E-state index in [2.05, 4.69) is 10.3 Å². The second-order valence-electron chi connectivity index (χ2n) is 13.7. The second kappa shape index (κ2) is 14.9. The topological polar surface area (TPSA) is 95.0 Å². The molecule has 282 valence electrons. The maximum atomic E-state index is 16.1. The van der Waals surface area contributed by atoms with Gasteiger partial charge in [0.05, 0.1) is 18.8 Å². The molecule has 0 spiro atoms. The van der Waals surface area contributed by atoms with Gasteiger partial charge in [0.15, 0.2) is 0 Å². The highest BCUT2D eigenvalue weighted by molar-refractivity contribution is 6.06. The van der Waals surface area contributed by atoms with Crippen LogP contribution in [0.2, 0.25) is 0 Å². The van der Waals surface area contributed by atoms with Crippen LogP contribution >= 0.6 is 0 Å². The van der Waals surface area contributed by atoms with Crippen LogP contribution < -0.4 is 10.2 Å². The van der Waals surface area contributed by atoms with Crippen molar-refractivity contribution in [1.82, 2.24) is 15.2 Å². The fraction of sp³-hybridized carbons (Fsp3) is 0.325. The summed E-state index contributed by atoms with van der Waals surface area (Å²) >= 11 is 0. The van der Waals surface area contributed by atoms with Crippen molar-refractivity contribution in [2.45, 2.75) is 50.0 Å². The van der Waals surface area contributed by atoms with E-state index in [1.165, 1.54) is 6.07 Å². The number of halogens is 6. The predicted octanol–water partition coefficient (Wildman–Crippen LogP) is 7.62. The molecular formula is C40H36F6N4O4. The lowest BCUT2D eigenvalue weighted by Gasteiger charge is -2.38. The second-order valence-corrected chi connectivity index (χ2v) is 13.7. The number of aromatic nitrogens is 1. The summed E-state index contributed by atoms with van der Waals surface area (Å²) in [6, 6.07) is 17.3. The molecule has 54 heavy (non-hydrogen) atoms. The number of piperidine rings is 1. The number of hydrogen-bond acceptors (Lipinski definition) is 6. The van der Waals surface area contributed by atoms with Crippen LogP contribution in [0.15, 0.2) is 85.2 Å². The highest BCUT2D eigenvalue weighted by atomic mass is 19.4. The van der Waals surface area contributed by atoms with E-state index in [0.29, 0.717) is 5.56 Å². The highest BCUT2D eigenvalue weighted by Gasteiger charge is 2.46. The molecule has 4 aromatic carbocycles. The molecule has 2 atom stereocenters. The number of alkyl halides is 5. The van der Waals surface area contributed by atoms with E-state index in [0.717, 1.165) is 43.6 Å². The number of carboxylic acids is 1. The van der Waals surface area contributed by atoms with Crippen LogP contribution in [0.4, 0.5) is 32.0 Å². The van der Waals surface area contributed by atoms with Gasteiger partial charge in [-0.3, -0.25) is 14.7 Å². The summed E-state index contributed by atoms with van der Waals surface area (Å²) in [7, 11) is 0. The number of aliphatic carboxylic acids is 1. The third-order valence-electron chi connectivity index (χ3n) is 10.2. The first-order valence-electron chi connectivity index (χ1n) is 17.5. The van der Waals surface area contributed by atoms with Crippen LogP contribution in [0, 0.1) is 5.82 Å². The molecule has 14 heteroatoms. The smallest absolute Gasteiger partial charge is 0.411 e. The normalized spacial score (nSPS) is 18.5. The van der Waals surface area contributed by atoms with Crippen LogP contribution in [0.5, 0.6) is 0 Å². The van der Waals surface area contributed by atoms with Gasteiger partial charge in [0.2, 0.25) is 0 Å². The number of carboxylic acid groups (broad SMARTS) is 1. The minimum atomic E-state index is -4.71. The molecule has 5 aromatic rings. The van der Waals surface area contributed by atoms with E-state index in [9.17, 15) is 36.6 Å². The Morgan fingerprint density at radius 3 is 2.37 bits per heavy atom. The fourth-order valence-electron chi connectivity index (χ4n) is 7.44. The van der Waals surface area contributed by atoms with Gasteiger partial charge in [-0.15, -0.1) is 0 Å². The van der Waals surface area contributed by atoms with Crippen molar-refractivity contribution < 1.29 is 45.8 Å². The number of benzene rings is 4. The lowest BCUT2D eigenvalue weighted by molar-refractivity contribution is -0.167. The van der Waals surface area contributed by atoms with Gasteiger partial charge >= 0.3 is 12.1 Å². The van der Waals surface area contributed by atoms with Crippen LogP contribution in [0.3, 0.4) is 0 Å². The SMILES string of the molecule is O=C(N[C@@H](Cc1cccc2c(-c3cccc4ccncc34)cccc12)C(=O)O)c1c(F)cc(N2CCOC[C@@H]2C(F)(F)F)cc1CN1CCC(F)(F)CC1. The average Bonchev–Trinajstić information content (AvgIpc) is 3.14. The number of anilines is 1. The molecule has 2 aliphatic heterocycles. The minimum absolute atomic E-state index is 0.0522. The van der Waals surface area contributed by atoms with Crippen molar-refractivity contribution in [3.8, 4) is 11.1 Å². The molecule has 7 rings (SSSR count). The van der Waals surface area contributed by atoms with Crippen LogP contribution in [-0.2, 0) is 22.5 Å². The van der Waals surface area contributed by atoms with Crippen LogP contribution in [-0.4, -0.2) is 83.9 Å². The van der Waals surface area contributed by atoms with Gasteiger partial charge < -0.3 is 20.1 Å². The molecule has 2 saturated heterocycles. The van der Waals surface area contributed by atoms with E-state index in [1.807, 2.05) is 48.5 Å². The van der Waals surface area contributed by atoms with E-state index in [-0.39, 0.29) is 50.5 Å². The zero-order chi connectivity index (χ0) is 38.2. The minimum Gasteiger partial charge on any atom is -0.480 e. The zero-order valence-corrected chi connectivity index (χ0v) is 28.9. The van der Waals surface area contributed by atoms with Crippen molar-refractivity contribution in [3.63, 3.8) is 0 Å². The number of fused-ring (bicyclic) bond motifs is 2. The Morgan fingerprint density at radius 2 is 1.63 bits per heavy atom. The molecule has 1 amide bonds. The van der Waals surface area contributed by atoms with Gasteiger partial charge in [0.1, 0.15) is 17.9 Å². The molecule has 8 nitrogen and oxygen atoms in total. The standard InChI is InChI=1S/C40H36F6N4O4/c41-33-20-27(50-16-17-54-23-35(50)40(44,45)46)18-26(22-49-14-11-39(42,43)12-15-49)36(33)37(51)48-34(38(52)53)19-25-5-2-7-29-28(25)6-3-9-30(29)31-8-1-4-24-10-13-47-21-32(24)31/h1-10,13,18,20-21,34-35H,11-12,14-17,19,22-23H2,(H,48,51)(H,52,53)/t34-,35+/m0/s1. The van der Waals surface area contributed by atoms with Gasteiger partial charge in [0.25, 0.3) is 11.8 Å². The first kappa shape index (κ1) is 37.1. The summed E-state index contributed by atoms with van der Waals surface area (Å²) in [4.78, 5) is 33.4. The van der Waals surface area contributed by atoms with E-state index >= 15 is 4.39 Å². The Bertz CT molecular complexity index is 2200. The number of nitrogens with zero attached hydrogens (tertiary/aromatic N) is 3. The third-order valence-corrected chi connectivity index (χ3v) is 10.2. The number of amides is 1. The van der Waals surface area contributed by atoms with E-state index < -0.39 is 66.9 Å². The molecule has 1 aromatic heterocycles. The molecule has 0 bridgehead atoms. The summed E-state index contributed by atoms with van der Waals surface area (Å²) in [6.07, 6.45) is -2.38.